The Morgan fingerprint density at radius 2 is 1.82 bits per heavy atom. The van der Waals surface area contributed by atoms with E-state index in [4.69, 9.17) is 0 Å². The second-order valence-corrected chi connectivity index (χ2v) is 9.41. The van der Waals surface area contributed by atoms with Crippen molar-refractivity contribution in [3.8, 4) is 0 Å². The van der Waals surface area contributed by atoms with Crippen molar-refractivity contribution in [3.05, 3.63) is 77.1 Å². The Balaban J connectivity index is 1.29. The zero-order valence-corrected chi connectivity index (χ0v) is 20.2. The lowest BCUT2D eigenvalue weighted by atomic mass is 9.82. The molecule has 0 radical (unpaired) electrons. The average Bonchev–Trinajstić information content (AvgIpc) is 3.14. The monoisotopic (exact) mass is 461 g/mol. The molecular formula is C28H35N3O3. The summed E-state index contributed by atoms with van der Waals surface area (Å²) in [6.45, 7) is 6.18. The number of hydrogen-bond acceptors (Lipinski definition) is 4. The molecule has 0 aromatic heterocycles. The Kier molecular flexibility index (Phi) is 7.56. The van der Waals surface area contributed by atoms with Gasteiger partial charge in [-0.25, -0.2) is 0 Å². The molecule has 2 N–H and O–H groups in total. The first kappa shape index (κ1) is 23.9. The number of anilines is 1. The van der Waals surface area contributed by atoms with Crippen LogP contribution in [0.25, 0.3) is 0 Å². The maximum atomic E-state index is 12.9. The minimum atomic E-state index is -0.460. The number of benzene rings is 2. The maximum absolute atomic E-state index is 12.9. The van der Waals surface area contributed by atoms with Crippen molar-refractivity contribution in [2.24, 2.45) is 0 Å². The van der Waals surface area contributed by atoms with Gasteiger partial charge in [-0.05, 0) is 68.7 Å². The summed E-state index contributed by atoms with van der Waals surface area (Å²) in [6, 6.07) is 18.9. The molecule has 4 rings (SSSR count). The first-order valence-corrected chi connectivity index (χ1v) is 12.3. The summed E-state index contributed by atoms with van der Waals surface area (Å²) in [5.41, 5.74) is 3.84. The van der Waals surface area contributed by atoms with Crippen molar-refractivity contribution < 1.29 is 14.7 Å². The number of hydrogen-bond donors (Lipinski definition) is 2. The van der Waals surface area contributed by atoms with Crippen LogP contribution in [0.5, 0.6) is 0 Å². The number of aliphatic hydroxyl groups is 1. The van der Waals surface area contributed by atoms with Crippen LogP contribution in [0.4, 0.5) is 5.69 Å². The maximum Gasteiger partial charge on any atom is 0.289 e. The molecular weight excluding hydrogens is 426 g/mol. The highest BCUT2D eigenvalue weighted by Crippen LogP contribution is 2.33. The molecule has 1 aliphatic carbocycles. The van der Waals surface area contributed by atoms with Crippen LogP contribution < -0.4 is 10.2 Å². The van der Waals surface area contributed by atoms with Crippen LogP contribution in [0.2, 0.25) is 0 Å². The molecule has 1 heterocycles. The standard InChI is InChI=1S/C28H35N3O3/c1-3-30(24-11-7-8-20(2)18-24)16-17-31-19-25(26(32)28(31)34)27(33)29-23-14-12-22(13-15-23)21-9-5-4-6-10-21/h4-11,18,22-23,32H,3,12-17,19H2,1-2H3,(H,29,33)/t22-,23+. The van der Waals surface area contributed by atoms with Gasteiger partial charge in [0.1, 0.15) is 0 Å². The van der Waals surface area contributed by atoms with Crippen molar-refractivity contribution >= 4 is 17.5 Å². The predicted molar refractivity (Wildman–Crippen MR) is 135 cm³/mol. The molecule has 2 aliphatic rings. The minimum absolute atomic E-state index is 0.0776. The van der Waals surface area contributed by atoms with E-state index in [0.29, 0.717) is 19.0 Å². The van der Waals surface area contributed by atoms with Gasteiger partial charge < -0.3 is 20.2 Å². The molecule has 0 saturated heterocycles. The molecule has 0 bridgehead atoms. The summed E-state index contributed by atoms with van der Waals surface area (Å²) < 4.78 is 0. The molecule has 34 heavy (non-hydrogen) atoms. The van der Waals surface area contributed by atoms with E-state index in [9.17, 15) is 14.7 Å². The van der Waals surface area contributed by atoms with Crippen LogP contribution in [0.1, 0.15) is 49.7 Å². The fourth-order valence-corrected chi connectivity index (χ4v) is 5.08. The third-order valence-electron chi connectivity index (χ3n) is 7.12. The van der Waals surface area contributed by atoms with Crippen LogP contribution in [0.3, 0.4) is 0 Å². The first-order valence-electron chi connectivity index (χ1n) is 12.3. The normalized spacial score (nSPS) is 20.5. The lowest BCUT2D eigenvalue weighted by Crippen LogP contribution is -2.40. The number of carbonyl (C=O) groups is 2. The highest BCUT2D eigenvalue weighted by molar-refractivity contribution is 6.07. The van der Waals surface area contributed by atoms with E-state index in [-0.39, 0.29) is 24.1 Å². The number of nitrogens with one attached hydrogen (secondary N) is 1. The lowest BCUT2D eigenvalue weighted by Gasteiger charge is -2.29. The van der Waals surface area contributed by atoms with Crippen LogP contribution in [0.15, 0.2) is 65.9 Å². The molecule has 180 valence electrons. The van der Waals surface area contributed by atoms with E-state index in [1.54, 1.807) is 4.90 Å². The van der Waals surface area contributed by atoms with E-state index in [0.717, 1.165) is 37.9 Å². The lowest BCUT2D eigenvalue weighted by molar-refractivity contribution is -0.127. The quantitative estimate of drug-likeness (QED) is 0.614. The van der Waals surface area contributed by atoms with E-state index in [1.165, 1.54) is 11.1 Å². The van der Waals surface area contributed by atoms with E-state index in [1.807, 2.05) is 12.1 Å². The second-order valence-electron chi connectivity index (χ2n) is 9.41. The topological polar surface area (TPSA) is 72.9 Å². The van der Waals surface area contributed by atoms with Crippen LogP contribution in [-0.2, 0) is 9.59 Å². The molecule has 2 aromatic rings. The Morgan fingerprint density at radius 3 is 2.50 bits per heavy atom. The number of aryl methyl sites for hydroxylation is 1. The Labute approximate surface area is 202 Å². The fraction of sp³-hybridized carbons (Fsp3) is 0.429. The zero-order chi connectivity index (χ0) is 24.1. The van der Waals surface area contributed by atoms with Gasteiger partial charge in [-0.1, -0.05) is 42.5 Å². The van der Waals surface area contributed by atoms with Gasteiger partial charge in [-0.3, -0.25) is 9.59 Å². The predicted octanol–water partition coefficient (Wildman–Crippen LogP) is 4.32. The van der Waals surface area contributed by atoms with Gasteiger partial charge in [-0.2, -0.15) is 0 Å². The summed E-state index contributed by atoms with van der Waals surface area (Å²) >= 11 is 0. The fourth-order valence-electron chi connectivity index (χ4n) is 5.08. The van der Waals surface area contributed by atoms with Crippen molar-refractivity contribution in [2.45, 2.75) is 51.5 Å². The summed E-state index contributed by atoms with van der Waals surface area (Å²) in [7, 11) is 0. The third kappa shape index (κ3) is 5.44. The van der Waals surface area contributed by atoms with Gasteiger partial charge in [0, 0.05) is 31.4 Å². The van der Waals surface area contributed by atoms with Crippen molar-refractivity contribution in [1.82, 2.24) is 10.2 Å². The highest BCUT2D eigenvalue weighted by Gasteiger charge is 2.35. The molecule has 1 fully saturated rings. The van der Waals surface area contributed by atoms with Crippen molar-refractivity contribution in [1.29, 1.82) is 0 Å². The van der Waals surface area contributed by atoms with Gasteiger partial charge >= 0.3 is 0 Å². The second kappa shape index (κ2) is 10.8. The molecule has 1 saturated carbocycles. The van der Waals surface area contributed by atoms with E-state index in [2.05, 4.69) is 66.5 Å². The molecule has 2 aromatic carbocycles. The molecule has 6 nitrogen and oxygen atoms in total. The van der Waals surface area contributed by atoms with Gasteiger partial charge in [0.2, 0.25) is 0 Å². The Bertz CT molecular complexity index is 1040. The molecule has 1 aliphatic heterocycles. The number of carbonyl (C=O) groups excluding carboxylic acids is 2. The number of nitrogens with zero attached hydrogens (tertiary/aromatic N) is 2. The minimum Gasteiger partial charge on any atom is -0.503 e. The van der Waals surface area contributed by atoms with Crippen LogP contribution in [-0.4, -0.2) is 54.0 Å². The van der Waals surface area contributed by atoms with Gasteiger partial charge in [0.15, 0.2) is 5.76 Å². The zero-order valence-electron chi connectivity index (χ0n) is 20.2. The molecule has 0 atom stereocenters. The molecule has 6 heteroatoms. The highest BCUT2D eigenvalue weighted by atomic mass is 16.3. The Hall–Kier alpha value is -3.28. The van der Waals surface area contributed by atoms with Crippen molar-refractivity contribution in [2.75, 3.05) is 31.1 Å². The van der Waals surface area contributed by atoms with Crippen LogP contribution >= 0.6 is 0 Å². The molecule has 0 unspecified atom stereocenters. The summed E-state index contributed by atoms with van der Waals surface area (Å²) in [5.74, 6) is -0.657. The van der Waals surface area contributed by atoms with Gasteiger partial charge in [0.05, 0.1) is 12.1 Å². The number of likely N-dealkylation sites (N-methyl/N-ethyl adjacent to an activating group) is 1. The number of rotatable bonds is 8. The number of aliphatic hydroxyl groups excluding tert-OH is 1. The average molecular weight is 462 g/mol. The van der Waals surface area contributed by atoms with Gasteiger partial charge in [-0.15, -0.1) is 0 Å². The first-order chi connectivity index (χ1) is 16.5. The molecule has 2 amide bonds. The largest absolute Gasteiger partial charge is 0.503 e. The van der Waals surface area contributed by atoms with E-state index >= 15 is 0 Å². The SMILES string of the molecule is CCN(CCN1CC(C(=O)N[C@H]2CC[C@@H](c3ccccc3)CC2)=C(O)C1=O)c1cccc(C)c1. The summed E-state index contributed by atoms with van der Waals surface area (Å²) in [4.78, 5) is 29.3. The van der Waals surface area contributed by atoms with Crippen molar-refractivity contribution in [3.63, 3.8) is 0 Å². The Morgan fingerprint density at radius 1 is 1.09 bits per heavy atom. The number of amides is 2. The van der Waals surface area contributed by atoms with E-state index < -0.39 is 11.7 Å². The summed E-state index contributed by atoms with van der Waals surface area (Å²) in [6.07, 6.45) is 3.85. The molecule has 0 spiro atoms. The summed E-state index contributed by atoms with van der Waals surface area (Å²) in [5, 5.41) is 13.5. The smallest absolute Gasteiger partial charge is 0.289 e. The van der Waals surface area contributed by atoms with Crippen LogP contribution in [0, 0.1) is 6.92 Å². The third-order valence-corrected chi connectivity index (χ3v) is 7.12. The van der Waals surface area contributed by atoms with Gasteiger partial charge in [0.25, 0.3) is 11.8 Å².